The van der Waals surface area contributed by atoms with Crippen LogP contribution in [0.2, 0.25) is 0 Å². The topological polar surface area (TPSA) is 64.0 Å². The van der Waals surface area contributed by atoms with Crippen LogP contribution < -0.4 is 5.32 Å². The second-order valence-electron chi connectivity index (χ2n) is 6.08. The van der Waals surface area contributed by atoms with Crippen molar-refractivity contribution in [1.82, 2.24) is 15.1 Å². The molecule has 0 atom stereocenters. The summed E-state index contributed by atoms with van der Waals surface area (Å²) < 4.78 is 25.2. The van der Waals surface area contributed by atoms with Crippen molar-refractivity contribution in [2.45, 2.75) is 20.0 Å². The highest BCUT2D eigenvalue weighted by Crippen LogP contribution is 2.26. The first kappa shape index (κ1) is 18.8. The van der Waals surface area contributed by atoms with Crippen LogP contribution in [-0.2, 0) is 22.9 Å². The van der Waals surface area contributed by atoms with E-state index in [1.807, 2.05) is 40.5 Å². The molecule has 0 radical (unpaired) electrons. The van der Waals surface area contributed by atoms with Gasteiger partial charge in [-0.15, -0.1) is 11.3 Å². The largest absolute Gasteiger partial charge is 0.312 e. The number of nitrogens with zero attached hydrogens (tertiary/aromatic N) is 2. The molecule has 0 aliphatic rings. The summed E-state index contributed by atoms with van der Waals surface area (Å²) in [6.45, 7) is 3.44. The maximum absolute atomic E-state index is 11.6. The van der Waals surface area contributed by atoms with Crippen LogP contribution in [0, 0.1) is 0 Å². The monoisotopic (exact) mass is 389 g/mol. The van der Waals surface area contributed by atoms with Crippen molar-refractivity contribution < 1.29 is 8.42 Å². The highest BCUT2D eigenvalue weighted by atomic mass is 32.2. The van der Waals surface area contributed by atoms with Crippen LogP contribution in [0.4, 0.5) is 0 Å². The lowest BCUT2D eigenvalue weighted by Gasteiger charge is -2.04. The summed E-state index contributed by atoms with van der Waals surface area (Å²) in [5.41, 5.74) is 3.24. The van der Waals surface area contributed by atoms with Crippen LogP contribution in [0.1, 0.15) is 18.1 Å². The number of aromatic nitrogens is 2. The number of nitrogens with one attached hydrogen (secondary N) is 1. The van der Waals surface area contributed by atoms with Crippen molar-refractivity contribution in [1.29, 1.82) is 0 Å². The highest BCUT2D eigenvalue weighted by Gasteiger charge is 2.13. The molecule has 2 heterocycles. The third-order valence-corrected chi connectivity index (χ3v) is 6.71. The minimum Gasteiger partial charge on any atom is -0.312 e. The zero-order valence-corrected chi connectivity index (χ0v) is 16.4. The number of hydrogen-bond acceptors (Lipinski definition) is 5. The average molecular weight is 390 g/mol. The standard InChI is InChI=1S/C19H23N3O2S2/c1-2-26(23,24)12-10-20-13-17-15-22(14-16-7-4-3-5-8-16)21-19(17)18-9-6-11-25-18/h3-9,11,15,20H,2,10,12-14H2,1H3. The summed E-state index contributed by atoms with van der Waals surface area (Å²) >= 11 is 1.66. The fourth-order valence-corrected chi connectivity index (χ4v) is 4.15. The van der Waals surface area contributed by atoms with E-state index in [2.05, 4.69) is 23.5 Å². The Morgan fingerprint density at radius 2 is 1.96 bits per heavy atom. The molecule has 1 N–H and O–H groups in total. The van der Waals surface area contributed by atoms with Crippen LogP contribution >= 0.6 is 11.3 Å². The predicted octanol–water partition coefficient (Wildman–Crippen LogP) is 3.18. The van der Waals surface area contributed by atoms with Crippen LogP contribution in [0.25, 0.3) is 10.6 Å². The Balaban J connectivity index is 1.72. The van der Waals surface area contributed by atoms with E-state index in [1.165, 1.54) is 5.56 Å². The Morgan fingerprint density at radius 1 is 1.15 bits per heavy atom. The van der Waals surface area contributed by atoms with Gasteiger partial charge in [-0.2, -0.15) is 5.10 Å². The molecule has 0 unspecified atom stereocenters. The lowest BCUT2D eigenvalue weighted by molar-refractivity contribution is 0.592. The zero-order valence-electron chi connectivity index (χ0n) is 14.8. The summed E-state index contributed by atoms with van der Waals surface area (Å²) in [6.07, 6.45) is 2.05. The molecule has 0 spiro atoms. The maximum atomic E-state index is 11.6. The number of sulfone groups is 1. The Hall–Kier alpha value is -1.96. The summed E-state index contributed by atoms with van der Waals surface area (Å²) in [5.74, 6) is 0.347. The van der Waals surface area contributed by atoms with E-state index in [4.69, 9.17) is 5.10 Å². The summed E-state index contributed by atoms with van der Waals surface area (Å²) in [6, 6.07) is 14.3. The molecule has 2 aromatic heterocycles. The van der Waals surface area contributed by atoms with Gasteiger partial charge < -0.3 is 5.32 Å². The van der Waals surface area contributed by atoms with Gasteiger partial charge in [0.05, 0.1) is 17.2 Å². The van der Waals surface area contributed by atoms with Crippen LogP contribution in [-0.4, -0.2) is 36.2 Å². The fourth-order valence-electron chi connectivity index (χ4n) is 2.66. The molecule has 0 aliphatic heterocycles. The van der Waals surface area contributed by atoms with Crippen molar-refractivity contribution in [3.63, 3.8) is 0 Å². The van der Waals surface area contributed by atoms with E-state index in [-0.39, 0.29) is 11.5 Å². The molecule has 3 rings (SSSR count). The summed E-state index contributed by atoms with van der Waals surface area (Å²) in [7, 11) is -2.94. The van der Waals surface area contributed by atoms with E-state index < -0.39 is 9.84 Å². The molecule has 7 heteroatoms. The van der Waals surface area contributed by atoms with Gasteiger partial charge in [-0.05, 0) is 17.0 Å². The predicted molar refractivity (Wildman–Crippen MR) is 107 cm³/mol. The van der Waals surface area contributed by atoms with Gasteiger partial charge >= 0.3 is 0 Å². The Bertz CT molecular complexity index is 917. The molecule has 0 saturated carbocycles. The second kappa shape index (κ2) is 8.62. The number of thiophene rings is 1. The highest BCUT2D eigenvalue weighted by molar-refractivity contribution is 7.91. The average Bonchev–Trinajstić information content (AvgIpc) is 3.29. The summed E-state index contributed by atoms with van der Waals surface area (Å²) in [5, 5.41) is 10.0. The number of hydrogen-bond donors (Lipinski definition) is 1. The molecule has 1 aromatic carbocycles. The van der Waals surface area contributed by atoms with E-state index in [9.17, 15) is 8.42 Å². The van der Waals surface area contributed by atoms with Crippen molar-refractivity contribution in [3.05, 3.63) is 65.2 Å². The third-order valence-electron chi connectivity index (χ3n) is 4.12. The van der Waals surface area contributed by atoms with Gasteiger partial charge in [0, 0.05) is 30.6 Å². The molecule has 138 valence electrons. The van der Waals surface area contributed by atoms with Gasteiger partial charge in [0.15, 0.2) is 9.84 Å². The lowest BCUT2D eigenvalue weighted by atomic mass is 10.2. The molecule has 5 nitrogen and oxygen atoms in total. The molecule has 26 heavy (non-hydrogen) atoms. The van der Waals surface area contributed by atoms with E-state index in [1.54, 1.807) is 18.3 Å². The van der Waals surface area contributed by atoms with Gasteiger partial charge in [-0.1, -0.05) is 43.3 Å². The minimum atomic E-state index is -2.94. The third kappa shape index (κ3) is 5.03. The molecule has 3 aromatic rings. The second-order valence-corrected chi connectivity index (χ2v) is 9.50. The minimum absolute atomic E-state index is 0.163. The quantitative estimate of drug-likeness (QED) is 0.571. The first-order chi connectivity index (χ1) is 12.6. The van der Waals surface area contributed by atoms with Gasteiger partial charge in [-0.25, -0.2) is 8.42 Å². The molecule has 0 fully saturated rings. The van der Waals surface area contributed by atoms with Crippen molar-refractivity contribution >= 4 is 21.2 Å². The van der Waals surface area contributed by atoms with Crippen molar-refractivity contribution in [3.8, 4) is 10.6 Å². The number of benzene rings is 1. The van der Waals surface area contributed by atoms with Gasteiger partial charge in [-0.3, -0.25) is 4.68 Å². The smallest absolute Gasteiger partial charge is 0.151 e. The zero-order chi connectivity index (χ0) is 18.4. The number of rotatable bonds is 9. The maximum Gasteiger partial charge on any atom is 0.151 e. The Kier molecular flexibility index (Phi) is 6.24. The molecular formula is C19H23N3O2S2. The normalized spacial score (nSPS) is 11.7. The van der Waals surface area contributed by atoms with Gasteiger partial charge in [0.25, 0.3) is 0 Å². The molecule has 0 aliphatic carbocycles. The first-order valence-electron chi connectivity index (χ1n) is 8.62. The molecule has 0 amide bonds. The lowest BCUT2D eigenvalue weighted by Crippen LogP contribution is -2.23. The molecular weight excluding hydrogens is 366 g/mol. The van der Waals surface area contributed by atoms with Crippen LogP contribution in [0.15, 0.2) is 54.0 Å². The Labute approximate surface area is 158 Å². The first-order valence-corrected chi connectivity index (χ1v) is 11.3. The summed E-state index contributed by atoms with van der Waals surface area (Å²) in [4.78, 5) is 1.12. The fraction of sp³-hybridized carbons (Fsp3) is 0.316. The molecule has 0 saturated heterocycles. The van der Waals surface area contributed by atoms with Crippen LogP contribution in [0.3, 0.4) is 0 Å². The van der Waals surface area contributed by atoms with Gasteiger partial charge in [0.1, 0.15) is 5.69 Å². The van der Waals surface area contributed by atoms with Gasteiger partial charge in [0.2, 0.25) is 0 Å². The molecule has 0 bridgehead atoms. The van der Waals surface area contributed by atoms with E-state index >= 15 is 0 Å². The van der Waals surface area contributed by atoms with E-state index in [0.29, 0.717) is 19.6 Å². The van der Waals surface area contributed by atoms with E-state index in [0.717, 1.165) is 16.1 Å². The van der Waals surface area contributed by atoms with Crippen molar-refractivity contribution in [2.75, 3.05) is 18.1 Å². The van der Waals surface area contributed by atoms with Crippen LogP contribution in [0.5, 0.6) is 0 Å². The Morgan fingerprint density at radius 3 is 2.65 bits per heavy atom. The van der Waals surface area contributed by atoms with Crippen molar-refractivity contribution in [2.24, 2.45) is 0 Å². The SMILES string of the molecule is CCS(=O)(=O)CCNCc1cn(Cc2ccccc2)nc1-c1cccs1.